The molecule has 0 saturated carbocycles. The molecule has 0 radical (unpaired) electrons. The van der Waals surface area contributed by atoms with Gasteiger partial charge in [0.2, 0.25) is 5.91 Å². The predicted molar refractivity (Wildman–Crippen MR) is 97.6 cm³/mol. The maximum Gasteiger partial charge on any atom is 0.573 e. The average molecular weight is 412 g/mol. The molecule has 0 aromatic heterocycles. The Morgan fingerprint density at radius 3 is 2.38 bits per heavy atom. The second-order valence-electron chi connectivity index (χ2n) is 5.83. The molecule has 0 saturated heterocycles. The number of nitrogens with two attached hydrogens (primary N) is 2. The molecular formula is C18H19F3N4O4. The van der Waals surface area contributed by atoms with Gasteiger partial charge in [0.15, 0.2) is 0 Å². The topological polar surface area (TPSA) is 120 Å². The summed E-state index contributed by atoms with van der Waals surface area (Å²) < 4.78 is 45.3. The van der Waals surface area contributed by atoms with E-state index in [9.17, 15) is 22.8 Å². The van der Waals surface area contributed by atoms with Gasteiger partial charge in [0.1, 0.15) is 23.6 Å². The van der Waals surface area contributed by atoms with Crippen LogP contribution in [0, 0.1) is 0 Å². The van der Waals surface area contributed by atoms with Crippen LogP contribution in [-0.4, -0.2) is 36.8 Å². The van der Waals surface area contributed by atoms with Crippen molar-refractivity contribution in [2.24, 2.45) is 5.84 Å². The lowest BCUT2D eigenvalue weighted by molar-refractivity contribution is -0.274. The SMILES string of the molecule is COc1cccc(N)c1C(=O)N(N)CC(=O)NCc1ccc(OC(F)(F)F)cc1. The lowest BCUT2D eigenvalue weighted by Gasteiger charge is -2.19. The van der Waals surface area contributed by atoms with E-state index in [1.807, 2.05) is 0 Å². The van der Waals surface area contributed by atoms with E-state index >= 15 is 0 Å². The highest BCUT2D eigenvalue weighted by Gasteiger charge is 2.31. The Balaban J connectivity index is 1.91. The highest BCUT2D eigenvalue weighted by atomic mass is 19.4. The first-order chi connectivity index (χ1) is 13.6. The number of carbonyl (C=O) groups is 2. The zero-order valence-corrected chi connectivity index (χ0v) is 15.3. The summed E-state index contributed by atoms with van der Waals surface area (Å²) in [6.07, 6.45) is -4.78. The number of benzene rings is 2. The lowest BCUT2D eigenvalue weighted by atomic mass is 10.1. The molecule has 11 heteroatoms. The number of ether oxygens (including phenoxy) is 2. The highest BCUT2D eigenvalue weighted by Crippen LogP contribution is 2.25. The van der Waals surface area contributed by atoms with Crippen LogP contribution in [0.1, 0.15) is 15.9 Å². The van der Waals surface area contributed by atoms with Crippen molar-refractivity contribution in [3.05, 3.63) is 53.6 Å². The van der Waals surface area contributed by atoms with Crippen molar-refractivity contribution in [1.82, 2.24) is 10.3 Å². The maximum absolute atomic E-state index is 12.5. The van der Waals surface area contributed by atoms with Crippen LogP contribution in [0.3, 0.4) is 0 Å². The van der Waals surface area contributed by atoms with Crippen LogP contribution in [0.2, 0.25) is 0 Å². The molecular weight excluding hydrogens is 393 g/mol. The van der Waals surface area contributed by atoms with Gasteiger partial charge in [0, 0.05) is 12.2 Å². The number of rotatable bonds is 7. The van der Waals surface area contributed by atoms with E-state index in [0.29, 0.717) is 10.6 Å². The lowest BCUT2D eigenvalue weighted by Crippen LogP contribution is -2.45. The molecule has 2 aromatic carbocycles. The van der Waals surface area contributed by atoms with Crippen molar-refractivity contribution >= 4 is 17.5 Å². The summed E-state index contributed by atoms with van der Waals surface area (Å²) in [6.45, 7) is -0.449. The van der Waals surface area contributed by atoms with Gasteiger partial charge in [-0.3, -0.25) is 14.6 Å². The van der Waals surface area contributed by atoms with Gasteiger partial charge in [0.05, 0.1) is 7.11 Å². The number of carbonyl (C=O) groups excluding carboxylic acids is 2. The highest BCUT2D eigenvalue weighted by molar-refractivity contribution is 6.02. The summed E-state index contributed by atoms with van der Waals surface area (Å²) in [5.41, 5.74) is 6.49. The molecule has 2 amide bonds. The summed E-state index contributed by atoms with van der Waals surface area (Å²) in [5.74, 6) is 4.24. The molecule has 0 bridgehead atoms. The van der Waals surface area contributed by atoms with E-state index in [4.69, 9.17) is 16.3 Å². The summed E-state index contributed by atoms with van der Waals surface area (Å²) in [4.78, 5) is 24.5. The number of hydrogen-bond donors (Lipinski definition) is 3. The number of nitrogen functional groups attached to an aromatic ring is 1. The average Bonchev–Trinajstić information content (AvgIpc) is 2.65. The number of nitrogens with one attached hydrogen (secondary N) is 1. The molecule has 0 unspecified atom stereocenters. The molecule has 0 aliphatic heterocycles. The minimum atomic E-state index is -4.78. The van der Waals surface area contributed by atoms with Gasteiger partial charge in [-0.05, 0) is 29.8 Å². The van der Waals surface area contributed by atoms with E-state index in [1.54, 1.807) is 6.07 Å². The summed E-state index contributed by atoms with van der Waals surface area (Å²) in [6, 6.07) is 9.60. The molecule has 8 nitrogen and oxygen atoms in total. The van der Waals surface area contributed by atoms with Crippen molar-refractivity contribution < 1.29 is 32.2 Å². The third kappa shape index (κ3) is 6.28. The fraction of sp³-hybridized carbons (Fsp3) is 0.222. The van der Waals surface area contributed by atoms with Crippen LogP contribution in [0.5, 0.6) is 11.5 Å². The predicted octanol–water partition coefficient (Wildman–Crippen LogP) is 1.81. The first-order valence-corrected chi connectivity index (χ1v) is 8.21. The molecule has 2 aromatic rings. The first kappa shape index (κ1) is 21.8. The monoisotopic (exact) mass is 412 g/mol. The first-order valence-electron chi connectivity index (χ1n) is 8.21. The standard InChI is InChI=1S/C18H19F3N4O4/c1-28-14-4-2-3-13(22)16(14)17(27)25(23)10-15(26)24-9-11-5-7-12(8-6-11)29-18(19,20)21/h2-8H,9-10,22-23H2,1H3,(H,24,26). The van der Waals surface area contributed by atoms with Crippen LogP contribution in [0.15, 0.2) is 42.5 Å². The zero-order chi connectivity index (χ0) is 21.6. The fourth-order valence-corrected chi connectivity index (χ4v) is 2.38. The van der Waals surface area contributed by atoms with E-state index in [1.165, 1.54) is 31.4 Å². The van der Waals surface area contributed by atoms with Crippen molar-refractivity contribution in [2.75, 3.05) is 19.4 Å². The minimum Gasteiger partial charge on any atom is -0.496 e. The number of amides is 2. The van der Waals surface area contributed by atoms with Gasteiger partial charge in [-0.1, -0.05) is 18.2 Å². The van der Waals surface area contributed by atoms with Crippen LogP contribution in [0.25, 0.3) is 0 Å². The number of hydrogen-bond acceptors (Lipinski definition) is 6. The number of hydrazine groups is 1. The number of halogens is 3. The molecule has 0 aliphatic rings. The molecule has 29 heavy (non-hydrogen) atoms. The van der Waals surface area contributed by atoms with Crippen molar-refractivity contribution in [3.8, 4) is 11.5 Å². The van der Waals surface area contributed by atoms with E-state index in [-0.39, 0.29) is 29.3 Å². The van der Waals surface area contributed by atoms with Crippen LogP contribution in [-0.2, 0) is 11.3 Å². The normalized spacial score (nSPS) is 10.9. The van der Waals surface area contributed by atoms with Crippen LogP contribution >= 0.6 is 0 Å². The smallest absolute Gasteiger partial charge is 0.496 e. The number of nitrogens with zero attached hydrogens (tertiary/aromatic N) is 1. The Hall–Kier alpha value is -3.47. The van der Waals surface area contributed by atoms with Gasteiger partial charge >= 0.3 is 6.36 Å². The Morgan fingerprint density at radius 2 is 1.79 bits per heavy atom. The second-order valence-corrected chi connectivity index (χ2v) is 5.83. The van der Waals surface area contributed by atoms with E-state index in [2.05, 4.69) is 10.1 Å². The molecule has 156 valence electrons. The Kier molecular flexibility index (Phi) is 6.89. The Bertz CT molecular complexity index is 872. The Morgan fingerprint density at radius 1 is 1.14 bits per heavy atom. The van der Waals surface area contributed by atoms with Crippen molar-refractivity contribution in [3.63, 3.8) is 0 Å². The molecule has 0 aliphatic carbocycles. The van der Waals surface area contributed by atoms with Gasteiger partial charge in [0.25, 0.3) is 5.91 Å². The minimum absolute atomic E-state index is 0.0178. The van der Waals surface area contributed by atoms with Crippen molar-refractivity contribution in [1.29, 1.82) is 0 Å². The molecule has 2 rings (SSSR count). The largest absolute Gasteiger partial charge is 0.573 e. The zero-order valence-electron chi connectivity index (χ0n) is 15.3. The molecule has 0 heterocycles. The third-order valence-electron chi connectivity index (χ3n) is 3.71. The molecule has 0 spiro atoms. The van der Waals surface area contributed by atoms with E-state index < -0.39 is 24.7 Å². The quantitative estimate of drug-likeness (QED) is 0.276. The molecule has 0 fully saturated rings. The van der Waals surface area contributed by atoms with Gasteiger partial charge in [-0.15, -0.1) is 13.2 Å². The fourth-order valence-electron chi connectivity index (χ4n) is 2.38. The van der Waals surface area contributed by atoms with Crippen LogP contribution < -0.4 is 26.4 Å². The molecule has 0 atom stereocenters. The molecule has 5 N–H and O–H groups in total. The Labute approximate surface area is 164 Å². The number of alkyl halides is 3. The van der Waals surface area contributed by atoms with Gasteiger partial charge in [-0.25, -0.2) is 5.84 Å². The maximum atomic E-state index is 12.5. The van der Waals surface area contributed by atoms with Crippen molar-refractivity contribution in [2.45, 2.75) is 12.9 Å². The number of anilines is 1. The summed E-state index contributed by atoms with van der Waals surface area (Å²) in [5, 5.41) is 3.19. The third-order valence-corrected chi connectivity index (χ3v) is 3.71. The van der Waals surface area contributed by atoms with E-state index in [0.717, 1.165) is 12.1 Å². The van der Waals surface area contributed by atoms with Gasteiger partial charge in [-0.2, -0.15) is 0 Å². The second kappa shape index (κ2) is 9.15. The summed E-state index contributed by atoms with van der Waals surface area (Å²) >= 11 is 0. The summed E-state index contributed by atoms with van der Waals surface area (Å²) in [7, 11) is 1.37. The van der Waals surface area contributed by atoms with Gasteiger partial charge < -0.3 is 20.5 Å². The van der Waals surface area contributed by atoms with Crippen LogP contribution in [0.4, 0.5) is 18.9 Å². The number of methoxy groups -OCH3 is 1.